The third-order valence-electron chi connectivity index (χ3n) is 2.36. The lowest BCUT2D eigenvalue weighted by molar-refractivity contribution is -0.132. The van der Waals surface area contributed by atoms with Crippen molar-refractivity contribution >= 4 is 23.8 Å². The van der Waals surface area contributed by atoms with E-state index in [1.54, 1.807) is 6.07 Å². The van der Waals surface area contributed by atoms with Crippen molar-refractivity contribution in [2.24, 2.45) is 0 Å². The van der Waals surface area contributed by atoms with Crippen LogP contribution in [0.2, 0.25) is 0 Å². The summed E-state index contributed by atoms with van der Waals surface area (Å²) in [5, 5.41) is 1.98. The molecule has 0 N–H and O–H groups in total. The van der Waals surface area contributed by atoms with Crippen LogP contribution in [0.4, 0.5) is 0 Å². The van der Waals surface area contributed by atoms with Gasteiger partial charge in [-0.1, -0.05) is 54.2 Å². The highest BCUT2D eigenvalue weighted by Gasteiger charge is 2.04. The molecule has 0 fully saturated rings. The van der Waals surface area contributed by atoms with E-state index < -0.39 is 0 Å². The van der Waals surface area contributed by atoms with E-state index in [9.17, 15) is 4.79 Å². The zero-order valence-electron chi connectivity index (χ0n) is 10.6. The molecule has 0 unspecified atom stereocenters. The van der Waals surface area contributed by atoms with Crippen molar-refractivity contribution in [1.82, 2.24) is 0 Å². The van der Waals surface area contributed by atoms with Gasteiger partial charge in [-0.3, -0.25) is 4.79 Å². The number of hydrogen-bond donors (Lipinski definition) is 0. The summed E-state index contributed by atoms with van der Waals surface area (Å²) >= 11 is 1.53. The third-order valence-corrected chi connectivity index (χ3v) is 3.22. The Hall–Kier alpha value is -2.00. The van der Waals surface area contributed by atoms with Crippen LogP contribution in [-0.4, -0.2) is 5.97 Å². The molecule has 0 radical (unpaired) electrons. The monoisotopic (exact) mass is 270 g/mol. The number of carbonyl (C=O) groups excluding carboxylic acids is 1. The molecule has 0 atom stereocenters. The molecule has 96 valence electrons. The van der Waals surface area contributed by atoms with Crippen LogP contribution >= 0.6 is 11.8 Å². The SMILES string of the molecule is CC(=O)Oc1ccccc1S/C=C/c1ccccc1. The van der Waals surface area contributed by atoms with Crippen molar-refractivity contribution in [3.63, 3.8) is 0 Å². The Morgan fingerprint density at radius 1 is 1.05 bits per heavy atom. The van der Waals surface area contributed by atoms with Crippen LogP contribution < -0.4 is 4.74 Å². The van der Waals surface area contributed by atoms with Crippen molar-refractivity contribution in [2.75, 3.05) is 0 Å². The van der Waals surface area contributed by atoms with Gasteiger partial charge in [0.1, 0.15) is 5.75 Å². The largest absolute Gasteiger partial charge is 0.426 e. The number of esters is 1. The predicted octanol–water partition coefficient (Wildman–Crippen LogP) is 4.37. The van der Waals surface area contributed by atoms with Crippen LogP contribution in [0.15, 0.2) is 64.9 Å². The van der Waals surface area contributed by atoms with Crippen LogP contribution in [0.3, 0.4) is 0 Å². The fraction of sp³-hybridized carbons (Fsp3) is 0.0625. The lowest BCUT2D eigenvalue weighted by atomic mass is 10.2. The standard InChI is InChI=1S/C16H14O2S/c1-13(17)18-15-9-5-6-10-16(15)19-12-11-14-7-3-2-4-8-14/h2-12H,1H3/b12-11+. The highest BCUT2D eigenvalue weighted by molar-refractivity contribution is 8.02. The molecule has 0 spiro atoms. The van der Waals surface area contributed by atoms with Gasteiger partial charge in [0.2, 0.25) is 0 Å². The van der Waals surface area contributed by atoms with E-state index in [1.165, 1.54) is 18.7 Å². The fourth-order valence-corrected chi connectivity index (χ4v) is 2.29. The Morgan fingerprint density at radius 2 is 1.74 bits per heavy atom. The summed E-state index contributed by atoms with van der Waals surface area (Å²) in [6, 6.07) is 17.5. The molecule has 0 saturated heterocycles. The van der Waals surface area contributed by atoms with E-state index in [4.69, 9.17) is 4.74 Å². The minimum atomic E-state index is -0.305. The number of para-hydroxylation sites is 1. The first-order valence-electron chi connectivity index (χ1n) is 5.91. The number of rotatable bonds is 4. The normalized spacial score (nSPS) is 10.6. The van der Waals surface area contributed by atoms with E-state index in [0.717, 1.165) is 10.5 Å². The van der Waals surface area contributed by atoms with Gasteiger partial charge in [-0.2, -0.15) is 0 Å². The van der Waals surface area contributed by atoms with Crippen LogP contribution in [0.25, 0.3) is 6.08 Å². The first kappa shape index (κ1) is 13.4. The number of benzene rings is 2. The van der Waals surface area contributed by atoms with Gasteiger partial charge >= 0.3 is 5.97 Å². The molecular weight excluding hydrogens is 256 g/mol. The second-order valence-corrected chi connectivity index (χ2v) is 4.82. The molecular formula is C16H14O2S. The van der Waals surface area contributed by atoms with Crippen molar-refractivity contribution in [1.29, 1.82) is 0 Å². The smallest absolute Gasteiger partial charge is 0.308 e. The molecule has 0 aromatic heterocycles. The molecule has 2 aromatic rings. The van der Waals surface area contributed by atoms with Crippen molar-refractivity contribution < 1.29 is 9.53 Å². The zero-order valence-corrected chi connectivity index (χ0v) is 11.4. The van der Waals surface area contributed by atoms with E-state index in [2.05, 4.69) is 0 Å². The van der Waals surface area contributed by atoms with Gasteiger partial charge in [-0.25, -0.2) is 0 Å². The number of thioether (sulfide) groups is 1. The first-order valence-corrected chi connectivity index (χ1v) is 6.79. The van der Waals surface area contributed by atoms with Gasteiger partial charge in [0.15, 0.2) is 0 Å². The van der Waals surface area contributed by atoms with Crippen LogP contribution in [-0.2, 0) is 4.79 Å². The van der Waals surface area contributed by atoms with Crippen LogP contribution in [0, 0.1) is 0 Å². The van der Waals surface area contributed by atoms with Crippen molar-refractivity contribution in [2.45, 2.75) is 11.8 Å². The minimum Gasteiger partial charge on any atom is -0.426 e. The summed E-state index contributed by atoms with van der Waals surface area (Å²) in [6.45, 7) is 1.40. The van der Waals surface area contributed by atoms with E-state index in [1.807, 2.05) is 60.0 Å². The second kappa shape index (κ2) is 6.81. The van der Waals surface area contributed by atoms with Gasteiger partial charge in [0, 0.05) is 6.92 Å². The van der Waals surface area contributed by atoms with Crippen LogP contribution in [0.5, 0.6) is 5.75 Å². The van der Waals surface area contributed by atoms with E-state index in [0.29, 0.717) is 5.75 Å². The molecule has 0 aliphatic heterocycles. The highest BCUT2D eigenvalue weighted by atomic mass is 32.2. The number of hydrogen-bond acceptors (Lipinski definition) is 3. The van der Waals surface area contributed by atoms with Crippen molar-refractivity contribution in [3.05, 3.63) is 65.6 Å². The maximum absolute atomic E-state index is 11.0. The summed E-state index contributed by atoms with van der Waals surface area (Å²) in [7, 11) is 0. The molecule has 0 heterocycles. The van der Waals surface area contributed by atoms with Gasteiger partial charge in [-0.15, -0.1) is 0 Å². The molecule has 19 heavy (non-hydrogen) atoms. The van der Waals surface area contributed by atoms with E-state index >= 15 is 0 Å². The van der Waals surface area contributed by atoms with Gasteiger partial charge in [0.25, 0.3) is 0 Å². The molecule has 2 rings (SSSR count). The third kappa shape index (κ3) is 4.30. The summed E-state index contributed by atoms with van der Waals surface area (Å²) in [4.78, 5) is 11.9. The Labute approximate surface area is 117 Å². The fourth-order valence-electron chi connectivity index (χ4n) is 1.54. The molecule has 2 aromatic carbocycles. The summed E-state index contributed by atoms with van der Waals surface area (Å²) in [5.74, 6) is 0.290. The van der Waals surface area contributed by atoms with E-state index in [-0.39, 0.29) is 5.97 Å². The van der Waals surface area contributed by atoms with Gasteiger partial charge in [-0.05, 0) is 29.2 Å². The Morgan fingerprint density at radius 3 is 2.47 bits per heavy atom. The molecule has 0 bridgehead atoms. The summed E-state index contributed by atoms with van der Waals surface area (Å²) in [5.41, 5.74) is 1.14. The Bertz CT molecular complexity index is 576. The molecule has 0 aliphatic rings. The molecule has 0 saturated carbocycles. The second-order valence-electron chi connectivity index (χ2n) is 3.87. The topological polar surface area (TPSA) is 26.3 Å². The first-order chi connectivity index (χ1) is 9.25. The summed E-state index contributed by atoms with van der Waals surface area (Å²) < 4.78 is 5.15. The lowest BCUT2D eigenvalue weighted by Crippen LogP contribution is -2.01. The number of ether oxygens (including phenoxy) is 1. The Kier molecular flexibility index (Phi) is 4.81. The molecule has 2 nitrogen and oxygen atoms in total. The molecule has 0 amide bonds. The molecule has 3 heteroatoms. The van der Waals surface area contributed by atoms with Crippen molar-refractivity contribution in [3.8, 4) is 5.75 Å². The highest BCUT2D eigenvalue weighted by Crippen LogP contribution is 2.30. The quantitative estimate of drug-likeness (QED) is 0.468. The maximum Gasteiger partial charge on any atom is 0.308 e. The average Bonchev–Trinajstić information content (AvgIpc) is 2.41. The minimum absolute atomic E-state index is 0.305. The maximum atomic E-state index is 11.0. The predicted molar refractivity (Wildman–Crippen MR) is 79.1 cm³/mol. The number of carbonyl (C=O) groups is 1. The lowest BCUT2D eigenvalue weighted by Gasteiger charge is -2.05. The zero-order chi connectivity index (χ0) is 13.5. The average molecular weight is 270 g/mol. The van der Waals surface area contributed by atoms with Gasteiger partial charge < -0.3 is 4.74 Å². The summed E-state index contributed by atoms with van der Waals surface area (Å²) in [6.07, 6.45) is 2.02. The Balaban J connectivity index is 2.07. The van der Waals surface area contributed by atoms with Gasteiger partial charge in [0.05, 0.1) is 4.90 Å². The van der Waals surface area contributed by atoms with Crippen LogP contribution in [0.1, 0.15) is 12.5 Å². The molecule has 0 aliphatic carbocycles.